The predicted molar refractivity (Wildman–Crippen MR) is 77.9 cm³/mol. The molecule has 20 heavy (non-hydrogen) atoms. The van der Waals surface area contributed by atoms with Crippen LogP contribution in [-0.2, 0) is 23.3 Å². The van der Waals surface area contributed by atoms with Crippen molar-refractivity contribution in [2.75, 3.05) is 7.05 Å². The van der Waals surface area contributed by atoms with Gasteiger partial charge in [0.1, 0.15) is 0 Å². The zero-order valence-corrected chi connectivity index (χ0v) is 12.0. The number of hydrogen-bond donors (Lipinski definition) is 1. The lowest BCUT2D eigenvalue weighted by Gasteiger charge is -2.17. The SMILES string of the molecule is CN(Cc1ccccc1)S(=O)(=O)NCc1ccccn1. The van der Waals surface area contributed by atoms with Gasteiger partial charge in [-0.25, -0.2) is 0 Å². The van der Waals surface area contributed by atoms with Crippen LogP contribution in [0.5, 0.6) is 0 Å². The molecule has 1 aromatic carbocycles. The molecule has 0 aliphatic rings. The molecule has 0 amide bonds. The first-order valence-corrected chi connectivity index (χ1v) is 7.67. The lowest BCUT2D eigenvalue weighted by molar-refractivity contribution is 0.454. The summed E-state index contributed by atoms with van der Waals surface area (Å²) in [5, 5.41) is 0. The molecule has 0 spiro atoms. The van der Waals surface area contributed by atoms with Crippen molar-refractivity contribution in [2.24, 2.45) is 0 Å². The average molecular weight is 291 g/mol. The summed E-state index contributed by atoms with van der Waals surface area (Å²) in [6.07, 6.45) is 1.64. The van der Waals surface area contributed by atoms with Gasteiger partial charge in [-0.2, -0.15) is 17.4 Å². The summed E-state index contributed by atoms with van der Waals surface area (Å²) in [5.41, 5.74) is 1.63. The normalized spacial score (nSPS) is 11.7. The second-order valence-corrected chi connectivity index (χ2v) is 6.25. The van der Waals surface area contributed by atoms with E-state index in [1.165, 1.54) is 4.31 Å². The van der Waals surface area contributed by atoms with Crippen LogP contribution in [0.25, 0.3) is 0 Å². The lowest BCUT2D eigenvalue weighted by Crippen LogP contribution is -2.37. The van der Waals surface area contributed by atoms with E-state index in [2.05, 4.69) is 9.71 Å². The Morgan fingerprint density at radius 2 is 1.80 bits per heavy atom. The summed E-state index contributed by atoms with van der Waals surface area (Å²) in [6.45, 7) is 0.515. The third-order valence-corrected chi connectivity index (χ3v) is 4.28. The van der Waals surface area contributed by atoms with Gasteiger partial charge in [-0.15, -0.1) is 0 Å². The minimum Gasteiger partial charge on any atom is -0.260 e. The maximum Gasteiger partial charge on any atom is 0.279 e. The Morgan fingerprint density at radius 1 is 1.10 bits per heavy atom. The fourth-order valence-corrected chi connectivity index (χ4v) is 2.57. The topological polar surface area (TPSA) is 62.3 Å². The molecule has 0 saturated carbocycles. The van der Waals surface area contributed by atoms with Crippen LogP contribution in [0.2, 0.25) is 0 Å². The third-order valence-electron chi connectivity index (χ3n) is 2.82. The highest BCUT2D eigenvalue weighted by atomic mass is 32.2. The zero-order valence-electron chi connectivity index (χ0n) is 11.2. The van der Waals surface area contributed by atoms with E-state index in [-0.39, 0.29) is 6.54 Å². The molecule has 5 nitrogen and oxygen atoms in total. The maximum absolute atomic E-state index is 12.1. The van der Waals surface area contributed by atoms with Crippen LogP contribution in [0.3, 0.4) is 0 Å². The second-order valence-electron chi connectivity index (χ2n) is 4.39. The van der Waals surface area contributed by atoms with Crippen molar-refractivity contribution >= 4 is 10.2 Å². The molecule has 106 valence electrons. The molecule has 0 bridgehead atoms. The molecule has 0 unspecified atom stereocenters. The van der Waals surface area contributed by atoms with Crippen LogP contribution >= 0.6 is 0 Å². The first-order chi connectivity index (χ1) is 9.58. The fourth-order valence-electron chi connectivity index (χ4n) is 1.70. The summed E-state index contributed by atoms with van der Waals surface area (Å²) in [5.74, 6) is 0. The Hall–Kier alpha value is -1.76. The van der Waals surface area contributed by atoms with E-state index in [9.17, 15) is 8.42 Å². The number of hydrogen-bond acceptors (Lipinski definition) is 3. The van der Waals surface area contributed by atoms with E-state index in [0.717, 1.165) is 5.56 Å². The van der Waals surface area contributed by atoms with Gasteiger partial charge in [-0.3, -0.25) is 4.98 Å². The molecule has 2 rings (SSSR count). The van der Waals surface area contributed by atoms with Crippen molar-refractivity contribution in [3.63, 3.8) is 0 Å². The van der Waals surface area contributed by atoms with E-state index in [1.807, 2.05) is 36.4 Å². The molecule has 2 aromatic rings. The Morgan fingerprint density at radius 3 is 2.45 bits per heavy atom. The van der Waals surface area contributed by atoms with E-state index in [1.54, 1.807) is 25.4 Å². The minimum atomic E-state index is -3.51. The van der Waals surface area contributed by atoms with Crippen molar-refractivity contribution in [3.8, 4) is 0 Å². The summed E-state index contributed by atoms with van der Waals surface area (Å²) in [4.78, 5) is 4.08. The van der Waals surface area contributed by atoms with Crippen molar-refractivity contribution in [1.29, 1.82) is 0 Å². The molecular weight excluding hydrogens is 274 g/mol. The van der Waals surface area contributed by atoms with Crippen LogP contribution in [0.4, 0.5) is 0 Å². The van der Waals surface area contributed by atoms with Crippen LogP contribution in [0, 0.1) is 0 Å². The molecule has 0 radical (unpaired) electrons. The molecule has 1 N–H and O–H groups in total. The second kappa shape index (κ2) is 6.60. The fraction of sp³-hybridized carbons (Fsp3) is 0.214. The molecule has 0 saturated heterocycles. The lowest BCUT2D eigenvalue weighted by atomic mass is 10.2. The zero-order chi connectivity index (χ0) is 14.4. The molecular formula is C14H17N3O2S. The summed E-state index contributed by atoms with van der Waals surface area (Å²) in [7, 11) is -1.96. The van der Waals surface area contributed by atoms with Gasteiger partial charge < -0.3 is 0 Å². The number of aromatic nitrogens is 1. The molecule has 0 aliphatic carbocycles. The number of pyridine rings is 1. The molecule has 1 aromatic heterocycles. The summed E-state index contributed by atoms with van der Waals surface area (Å²) < 4.78 is 28.0. The van der Waals surface area contributed by atoms with Gasteiger partial charge in [0.15, 0.2) is 0 Å². The highest BCUT2D eigenvalue weighted by Gasteiger charge is 2.17. The summed E-state index contributed by atoms with van der Waals surface area (Å²) in [6, 6.07) is 14.9. The van der Waals surface area contributed by atoms with Gasteiger partial charge in [-0.05, 0) is 17.7 Å². The van der Waals surface area contributed by atoms with Crippen molar-refractivity contribution in [3.05, 3.63) is 66.0 Å². The first-order valence-electron chi connectivity index (χ1n) is 6.23. The molecule has 0 fully saturated rings. The quantitative estimate of drug-likeness (QED) is 0.878. The monoisotopic (exact) mass is 291 g/mol. The maximum atomic E-state index is 12.1. The van der Waals surface area contributed by atoms with E-state index < -0.39 is 10.2 Å². The highest BCUT2D eigenvalue weighted by Crippen LogP contribution is 2.06. The number of rotatable bonds is 6. The number of nitrogens with zero attached hydrogens (tertiary/aromatic N) is 2. The van der Waals surface area contributed by atoms with Gasteiger partial charge in [-0.1, -0.05) is 36.4 Å². The van der Waals surface area contributed by atoms with E-state index in [0.29, 0.717) is 12.2 Å². The highest BCUT2D eigenvalue weighted by molar-refractivity contribution is 7.87. The van der Waals surface area contributed by atoms with Crippen LogP contribution in [-0.4, -0.2) is 24.8 Å². The molecule has 0 aliphatic heterocycles. The van der Waals surface area contributed by atoms with Crippen LogP contribution in [0.1, 0.15) is 11.3 Å². The smallest absolute Gasteiger partial charge is 0.260 e. The standard InChI is InChI=1S/C14H17N3O2S/c1-17(12-13-7-3-2-4-8-13)20(18,19)16-11-14-9-5-6-10-15-14/h2-10,16H,11-12H2,1H3. The molecule has 0 atom stereocenters. The van der Waals surface area contributed by atoms with E-state index >= 15 is 0 Å². The minimum absolute atomic E-state index is 0.183. The van der Waals surface area contributed by atoms with Gasteiger partial charge in [0.05, 0.1) is 12.2 Å². The van der Waals surface area contributed by atoms with Crippen molar-refractivity contribution in [1.82, 2.24) is 14.0 Å². The molecule has 1 heterocycles. The Kier molecular flexibility index (Phi) is 4.84. The van der Waals surface area contributed by atoms with Gasteiger partial charge >= 0.3 is 0 Å². The van der Waals surface area contributed by atoms with E-state index in [4.69, 9.17) is 0 Å². The first kappa shape index (κ1) is 14.6. The van der Waals surface area contributed by atoms with Crippen molar-refractivity contribution < 1.29 is 8.42 Å². The van der Waals surface area contributed by atoms with Crippen LogP contribution in [0.15, 0.2) is 54.7 Å². The van der Waals surface area contributed by atoms with Gasteiger partial charge in [0.25, 0.3) is 10.2 Å². The van der Waals surface area contributed by atoms with Crippen molar-refractivity contribution in [2.45, 2.75) is 13.1 Å². The van der Waals surface area contributed by atoms with Crippen LogP contribution < -0.4 is 4.72 Å². The Balaban J connectivity index is 1.96. The van der Waals surface area contributed by atoms with Gasteiger partial charge in [0, 0.05) is 19.8 Å². The average Bonchev–Trinajstić information content (AvgIpc) is 2.47. The Bertz CT molecular complexity index is 630. The number of nitrogens with one attached hydrogen (secondary N) is 1. The summed E-state index contributed by atoms with van der Waals surface area (Å²) >= 11 is 0. The largest absolute Gasteiger partial charge is 0.279 e. The third kappa shape index (κ3) is 4.12. The molecule has 6 heteroatoms. The predicted octanol–water partition coefficient (Wildman–Crippen LogP) is 1.55. The van der Waals surface area contributed by atoms with Gasteiger partial charge in [0.2, 0.25) is 0 Å². The Labute approximate surface area is 119 Å². The number of benzene rings is 1.